The second-order valence-corrected chi connectivity index (χ2v) is 5.80. The van der Waals surface area contributed by atoms with Gasteiger partial charge in [0.25, 0.3) is 0 Å². The number of aromatic nitrogens is 1. The summed E-state index contributed by atoms with van der Waals surface area (Å²) in [6.45, 7) is 4.42. The van der Waals surface area contributed by atoms with Gasteiger partial charge >= 0.3 is 0 Å². The first-order chi connectivity index (χ1) is 8.92. The third-order valence-electron chi connectivity index (χ3n) is 3.09. The van der Waals surface area contributed by atoms with E-state index in [0.717, 1.165) is 19.5 Å². The van der Waals surface area contributed by atoms with Gasteiger partial charge in [-0.2, -0.15) is 11.8 Å². The fourth-order valence-corrected chi connectivity index (χ4v) is 2.77. The molecule has 0 radical (unpaired) electrons. The van der Waals surface area contributed by atoms with Crippen LogP contribution in [0.4, 0.5) is 0 Å². The summed E-state index contributed by atoms with van der Waals surface area (Å²) in [4.78, 5) is 3.33. The lowest BCUT2D eigenvalue weighted by Crippen LogP contribution is -2.18. The molecule has 0 aliphatic carbocycles. The summed E-state index contributed by atoms with van der Waals surface area (Å²) in [6.07, 6.45) is 4.51. The van der Waals surface area contributed by atoms with Crippen LogP contribution >= 0.6 is 11.8 Å². The standard InChI is InChI=1S/C15H22N2S/c1-2-18-11-5-9-16-10-8-13-12-17-15-7-4-3-6-14(13)15/h3-4,6-7,12,16-17H,2,5,8-11H2,1H3. The van der Waals surface area contributed by atoms with Crippen molar-refractivity contribution >= 4 is 22.7 Å². The van der Waals surface area contributed by atoms with Gasteiger partial charge in [-0.1, -0.05) is 25.1 Å². The molecule has 0 saturated heterocycles. The topological polar surface area (TPSA) is 27.8 Å². The van der Waals surface area contributed by atoms with E-state index in [1.165, 1.54) is 34.4 Å². The Morgan fingerprint density at radius 2 is 2.11 bits per heavy atom. The van der Waals surface area contributed by atoms with Crippen molar-refractivity contribution in [2.45, 2.75) is 19.8 Å². The molecule has 0 bridgehead atoms. The fraction of sp³-hybridized carbons (Fsp3) is 0.467. The number of para-hydroxylation sites is 1. The highest BCUT2D eigenvalue weighted by molar-refractivity contribution is 7.99. The predicted octanol–water partition coefficient (Wildman–Crippen LogP) is 3.44. The predicted molar refractivity (Wildman–Crippen MR) is 82.5 cm³/mol. The Hall–Kier alpha value is -0.930. The highest BCUT2D eigenvalue weighted by Gasteiger charge is 2.01. The Labute approximate surface area is 114 Å². The zero-order valence-electron chi connectivity index (χ0n) is 11.0. The molecule has 0 saturated carbocycles. The first-order valence-electron chi connectivity index (χ1n) is 6.75. The molecule has 1 aromatic heterocycles. The van der Waals surface area contributed by atoms with E-state index in [1.807, 2.05) is 11.8 Å². The Morgan fingerprint density at radius 3 is 3.00 bits per heavy atom. The van der Waals surface area contributed by atoms with Crippen LogP contribution in [0, 0.1) is 0 Å². The summed E-state index contributed by atoms with van der Waals surface area (Å²) in [5, 5.41) is 4.88. The summed E-state index contributed by atoms with van der Waals surface area (Å²) < 4.78 is 0. The normalized spacial score (nSPS) is 11.2. The molecule has 0 spiro atoms. The average molecular weight is 262 g/mol. The number of hydrogen-bond acceptors (Lipinski definition) is 2. The molecule has 0 fully saturated rings. The molecule has 2 N–H and O–H groups in total. The van der Waals surface area contributed by atoms with Crippen LogP contribution < -0.4 is 5.32 Å². The molecule has 2 aromatic rings. The van der Waals surface area contributed by atoms with Gasteiger partial charge in [0.1, 0.15) is 0 Å². The van der Waals surface area contributed by atoms with E-state index in [0.29, 0.717) is 0 Å². The van der Waals surface area contributed by atoms with Gasteiger partial charge in [-0.05, 0) is 49.1 Å². The molecule has 0 amide bonds. The molecular formula is C15H22N2S. The number of hydrogen-bond donors (Lipinski definition) is 2. The molecule has 0 unspecified atom stereocenters. The van der Waals surface area contributed by atoms with Gasteiger partial charge < -0.3 is 10.3 Å². The van der Waals surface area contributed by atoms with Crippen LogP contribution in [0.1, 0.15) is 18.9 Å². The van der Waals surface area contributed by atoms with Gasteiger partial charge in [0, 0.05) is 17.1 Å². The van der Waals surface area contributed by atoms with Crippen molar-refractivity contribution in [3.05, 3.63) is 36.0 Å². The number of aromatic amines is 1. The Morgan fingerprint density at radius 1 is 1.22 bits per heavy atom. The van der Waals surface area contributed by atoms with E-state index >= 15 is 0 Å². The van der Waals surface area contributed by atoms with Crippen molar-refractivity contribution in [1.29, 1.82) is 0 Å². The molecule has 2 rings (SSSR count). The molecule has 3 heteroatoms. The highest BCUT2D eigenvalue weighted by atomic mass is 32.2. The lowest BCUT2D eigenvalue weighted by Gasteiger charge is -2.03. The number of H-pyrrole nitrogens is 1. The Kier molecular flexibility index (Phi) is 5.62. The minimum absolute atomic E-state index is 1.07. The van der Waals surface area contributed by atoms with Crippen LogP contribution in [0.2, 0.25) is 0 Å². The lowest BCUT2D eigenvalue weighted by atomic mass is 10.1. The Balaban J connectivity index is 1.70. The van der Waals surface area contributed by atoms with Gasteiger partial charge in [0.2, 0.25) is 0 Å². The van der Waals surface area contributed by atoms with E-state index in [-0.39, 0.29) is 0 Å². The van der Waals surface area contributed by atoms with Crippen LogP contribution in [0.15, 0.2) is 30.5 Å². The molecule has 0 atom stereocenters. The third-order valence-corrected chi connectivity index (χ3v) is 4.08. The van der Waals surface area contributed by atoms with Crippen LogP contribution in [0.5, 0.6) is 0 Å². The molecule has 0 aliphatic rings. The summed E-state index contributed by atoms with van der Waals surface area (Å²) in [7, 11) is 0. The smallest absolute Gasteiger partial charge is 0.0456 e. The van der Waals surface area contributed by atoms with Crippen LogP contribution in [-0.2, 0) is 6.42 Å². The zero-order valence-corrected chi connectivity index (χ0v) is 11.9. The van der Waals surface area contributed by atoms with E-state index in [2.05, 4.69) is 47.7 Å². The first kappa shape index (κ1) is 13.5. The molecule has 98 valence electrons. The van der Waals surface area contributed by atoms with Crippen LogP contribution in [0.3, 0.4) is 0 Å². The maximum Gasteiger partial charge on any atom is 0.0456 e. The average Bonchev–Trinajstić information content (AvgIpc) is 2.81. The molecule has 1 aromatic carbocycles. The van der Waals surface area contributed by atoms with Crippen molar-refractivity contribution in [3.8, 4) is 0 Å². The first-order valence-corrected chi connectivity index (χ1v) is 7.90. The minimum Gasteiger partial charge on any atom is -0.361 e. The molecule has 2 nitrogen and oxygen atoms in total. The van der Waals surface area contributed by atoms with Gasteiger partial charge in [0.05, 0.1) is 0 Å². The van der Waals surface area contributed by atoms with Crippen LogP contribution in [-0.4, -0.2) is 29.6 Å². The van der Waals surface area contributed by atoms with Crippen molar-refractivity contribution in [3.63, 3.8) is 0 Å². The second-order valence-electron chi connectivity index (χ2n) is 4.41. The van der Waals surface area contributed by atoms with Crippen molar-refractivity contribution in [1.82, 2.24) is 10.3 Å². The lowest BCUT2D eigenvalue weighted by molar-refractivity contribution is 0.675. The number of nitrogens with one attached hydrogen (secondary N) is 2. The summed E-state index contributed by atoms with van der Waals surface area (Å²) in [5.41, 5.74) is 2.66. The maximum atomic E-state index is 3.52. The number of benzene rings is 1. The fourth-order valence-electron chi connectivity index (χ4n) is 2.13. The SMILES string of the molecule is CCSCCCNCCc1c[nH]c2ccccc12. The van der Waals surface area contributed by atoms with Crippen molar-refractivity contribution in [2.75, 3.05) is 24.6 Å². The summed E-state index contributed by atoms with van der Waals surface area (Å²) in [6, 6.07) is 8.51. The molecule has 1 heterocycles. The van der Waals surface area contributed by atoms with E-state index in [1.54, 1.807) is 0 Å². The van der Waals surface area contributed by atoms with Gasteiger partial charge in [-0.3, -0.25) is 0 Å². The van der Waals surface area contributed by atoms with Gasteiger partial charge in [-0.25, -0.2) is 0 Å². The van der Waals surface area contributed by atoms with Crippen LogP contribution in [0.25, 0.3) is 10.9 Å². The Bertz CT molecular complexity index is 464. The van der Waals surface area contributed by atoms with Gasteiger partial charge in [-0.15, -0.1) is 0 Å². The molecular weight excluding hydrogens is 240 g/mol. The monoisotopic (exact) mass is 262 g/mol. The zero-order chi connectivity index (χ0) is 12.6. The van der Waals surface area contributed by atoms with E-state index in [9.17, 15) is 0 Å². The molecule has 18 heavy (non-hydrogen) atoms. The highest BCUT2D eigenvalue weighted by Crippen LogP contribution is 2.17. The van der Waals surface area contributed by atoms with Gasteiger partial charge in [0.15, 0.2) is 0 Å². The molecule has 0 aliphatic heterocycles. The third kappa shape index (κ3) is 3.79. The van der Waals surface area contributed by atoms with Crippen molar-refractivity contribution in [2.24, 2.45) is 0 Å². The second kappa shape index (κ2) is 7.49. The van der Waals surface area contributed by atoms with E-state index < -0.39 is 0 Å². The van der Waals surface area contributed by atoms with E-state index in [4.69, 9.17) is 0 Å². The summed E-state index contributed by atoms with van der Waals surface area (Å²) >= 11 is 2.02. The maximum absolute atomic E-state index is 3.52. The number of fused-ring (bicyclic) bond motifs is 1. The number of thioether (sulfide) groups is 1. The quantitative estimate of drug-likeness (QED) is 0.713. The minimum atomic E-state index is 1.07. The van der Waals surface area contributed by atoms with Crippen molar-refractivity contribution < 1.29 is 0 Å². The summed E-state index contributed by atoms with van der Waals surface area (Å²) in [5.74, 6) is 2.51. The number of rotatable bonds is 8. The largest absolute Gasteiger partial charge is 0.361 e.